The molecule has 1 saturated heterocycles. The van der Waals surface area contributed by atoms with Crippen LogP contribution in [0.5, 0.6) is 0 Å². The fraction of sp³-hybridized carbons (Fsp3) is 0.611. The SMILES string of the molecule is CCN(CCC(=O)N1CCc2ccccc2C1)C1CCS(=O)(=O)C1. The molecule has 1 fully saturated rings. The summed E-state index contributed by atoms with van der Waals surface area (Å²) in [6.45, 7) is 4.94. The number of fused-ring (bicyclic) bond motifs is 1. The van der Waals surface area contributed by atoms with Crippen LogP contribution in [-0.4, -0.2) is 61.3 Å². The Balaban J connectivity index is 1.54. The van der Waals surface area contributed by atoms with Gasteiger partial charge in [-0.2, -0.15) is 0 Å². The molecule has 0 aromatic heterocycles. The van der Waals surface area contributed by atoms with Crippen molar-refractivity contribution in [3.8, 4) is 0 Å². The molecule has 1 aromatic rings. The topological polar surface area (TPSA) is 57.7 Å². The molecule has 1 aromatic carbocycles. The van der Waals surface area contributed by atoms with E-state index >= 15 is 0 Å². The van der Waals surface area contributed by atoms with Crippen LogP contribution in [0.3, 0.4) is 0 Å². The summed E-state index contributed by atoms with van der Waals surface area (Å²) in [6.07, 6.45) is 2.08. The average Bonchev–Trinajstić information content (AvgIpc) is 2.94. The van der Waals surface area contributed by atoms with E-state index in [0.29, 0.717) is 25.9 Å². The minimum absolute atomic E-state index is 0.0786. The third-order valence-electron chi connectivity index (χ3n) is 5.23. The molecule has 2 heterocycles. The van der Waals surface area contributed by atoms with Gasteiger partial charge in [0.15, 0.2) is 9.84 Å². The van der Waals surface area contributed by atoms with Gasteiger partial charge in [-0.25, -0.2) is 8.42 Å². The Morgan fingerprint density at radius 1 is 1.29 bits per heavy atom. The molecule has 3 rings (SSSR count). The second-order valence-corrected chi connectivity index (χ2v) is 9.00. The lowest BCUT2D eigenvalue weighted by Crippen LogP contribution is -2.41. The molecule has 6 heteroatoms. The van der Waals surface area contributed by atoms with E-state index in [9.17, 15) is 13.2 Å². The minimum atomic E-state index is -2.88. The lowest BCUT2D eigenvalue weighted by molar-refractivity contribution is -0.132. The fourth-order valence-corrected chi connectivity index (χ4v) is 5.53. The zero-order valence-corrected chi connectivity index (χ0v) is 15.1. The van der Waals surface area contributed by atoms with E-state index in [1.807, 2.05) is 24.0 Å². The van der Waals surface area contributed by atoms with Crippen LogP contribution in [0.1, 0.15) is 30.9 Å². The van der Waals surface area contributed by atoms with Gasteiger partial charge in [-0.05, 0) is 30.5 Å². The Bertz CT molecular complexity index is 702. The predicted octanol–water partition coefficient (Wildman–Crippen LogP) is 1.47. The maximum atomic E-state index is 12.6. The lowest BCUT2D eigenvalue weighted by atomic mass is 10.00. The zero-order chi connectivity index (χ0) is 17.2. The van der Waals surface area contributed by atoms with Crippen LogP contribution < -0.4 is 0 Å². The van der Waals surface area contributed by atoms with Crippen LogP contribution in [0.25, 0.3) is 0 Å². The number of nitrogens with zero attached hydrogens (tertiary/aromatic N) is 2. The Morgan fingerprint density at radius 2 is 2.04 bits per heavy atom. The van der Waals surface area contributed by atoms with Crippen LogP contribution in [0, 0.1) is 0 Å². The second-order valence-electron chi connectivity index (χ2n) is 6.77. The molecule has 132 valence electrons. The lowest BCUT2D eigenvalue weighted by Gasteiger charge is -2.31. The Morgan fingerprint density at radius 3 is 2.71 bits per heavy atom. The van der Waals surface area contributed by atoms with Gasteiger partial charge in [0, 0.05) is 32.1 Å². The molecule has 2 aliphatic rings. The first-order valence-corrected chi connectivity index (χ1v) is 10.6. The summed E-state index contributed by atoms with van der Waals surface area (Å²) in [5.41, 5.74) is 2.58. The maximum absolute atomic E-state index is 12.6. The van der Waals surface area contributed by atoms with Crippen LogP contribution in [-0.2, 0) is 27.6 Å². The summed E-state index contributed by atoms with van der Waals surface area (Å²) in [6, 6.07) is 8.37. The molecule has 0 radical (unpaired) electrons. The van der Waals surface area contributed by atoms with Gasteiger partial charge >= 0.3 is 0 Å². The van der Waals surface area contributed by atoms with Gasteiger partial charge in [-0.15, -0.1) is 0 Å². The largest absolute Gasteiger partial charge is 0.338 e. The highest BCUT2D eigenvalue weighted by molar-refractivity contribution is 7.91. The van der Waals surface area contributed by atoms with E-state index in [2.05, 4.69) is 17.0 Å². The third-order valence-corrected chi connectivity index (χ3v) is 6.98. The normalized spacial score (nSPS) is 22.6. The van der Waals surface area contributed by atoms with Gasteiger partial charge in [-0.1, -0.05) is 31.2 Å². The van der Waals surface area contributed by atoms with E-state index < -0.39 is 9.84 Å². The van der Waals surface area contributed by atoms with E-state index in [-0.39, 0.29) is 23.5 Å². The molecule has 0 saturated carbocycles. The highest BCUT2D eigenvalue weighted by atomic mass is 32.2. The molecule has 1 amide bonds. The van der Waals surface area contributed by atoms with E-state index in [4.69, 9.17) is 0 Å². The Labute approximate surface area is 144 Å². The minimum Gasteiger partial charge on any atom is -0.338 e. The van der Waals surface area contributed by atoms with Crippen molar-refractivity contribution < 1.29 is 13.2 Å². The van der Waals surface area contributed by atoms with E-state index in [1.54, 1.807) is 0 Å². The fourth-order valence-electron chi connectivity index (χ4n) is 3.77. The summed E-state index contributed by atoms with van der Waals surface area (Å²) < 4.78 is 23.3. The zero-order valence-electron chi connectivity index (χ0n) is 14.3. The van der Waals surface area contributed by atoms with Crippen molar-refractivity contribution in [3.05, 3.63) is 35.4 Å². The van der Waals surface area contributed by atoms with Gasteiger partial charge < -0.3 is 4.90 Å². The van der Waals surface area contributed by atoms with Gasteiger partial charge in [0.1, 0.15) is 0 Å². The molecule has 0 N–H and O–H groups in total. The van der Waals surface area contributed by atoms with Crippen molar-refractivity contribution in [1.29, 1.82) is 0 Å². The quantitative estimate of drug-likeness (QED) is 0.807. The highest BCUT2D eigenvalue weighted by Crippen LogP contribution is 2.20. The number of amides is 1. The Kier molecular flexibility index (Phi) is 5.25. The van der Waals surface area contributed by atoms with Crippen LogP contribution in [0.4, 0.5) is 0 Å². The Hall–Kier alpha value is -1.40. The monoisotopic (exact) mass is 350 g/mol. The molecule has 1 atom stereocenters. The molecule has 0 bridgehead atoms. The molecule has 2 aliphatic heterocycles. The number of hydrogen-bond acceptors (Lipinski definition) is 4. The van der Waals surface area contributed by atoms with E-state index in [1.165, 1.54) is 11.1 Å². The molecule has 1 unspecified atom stereocenters. The number of carbonyl (C=O) groups is 1. The smallest absolute Gasteiger partial charge is 0.224 e. The summed E-state index contributed by atoms with van der Waals surface area (Å²) in [5, 5.41) is 0. The molecule has 0 aliphatic carbocycles. The first kappa shape index (κ1) is 17.4. The summed E-state index contributed by atoms with van der Waals surface area (Å²) in [7, 11) is -2.88. The van der Waals surface area contributed by atoms with Crippen LogP contribution in [0.15, 0.2) is 24.3 Å². The third kappa shape index (κ3) is 3.98. The predicted molar refractivity (Wildman–Crippen MR) is 94.5 cm³/mol. The van der Waals surface area contributed by atoms with E-state index in [0.717, 1.165) is 19.5 Å². The average molecular weight is 350 g/mol. The first-order chi connectivity index (χ1) is 11.5. The summed E-state index contributed by atoms with van der Waals surface area (Å²) in [5.74, 6) is 0.695. The number of sulfone groups is 1. The van der Waals surface area contributed by atoms with Crippen molar-refractivity contribution in [1.82, 2.24) is 9.80 Å². The molecule has 24 heavy (non-hydrogen) atoms. The number of carbonyl (C=O) groups excluding carboxylic acids is 1. The second kappa shape index (κ2) is 7.23. The van der Waals surface area contributed by atoms with Crippen LogP contribution in [0.2, 0.25) is 0 Å². The maximum Gasteiger partial charge on any atom is 0.224 e. The number of hydrogen-bond donors (Lipinski definition) is 0. The van der Waals surface area contributed by atoms with Crippen molar-refractivity contribution in [3.63, 3.8) is 0 Å². The standard InChI is InChI=1S/C18H26N2O3S/c1-2-19(17-9-12-24(22,23)14-17)11-8-18(21)20-10-7-15-5-3-4-6-16(15)13-20/h3-6,17H,2,7-14H2,1H3. The van der Waals surface area contributed by atoms with Crippen molar-refractivity contribution in [2.24, 2.45) is 0 Å². The highest BCUT2D eigenvalue weighted by Gasteiger charge is 2.32. The van der Waals surface area contributed by atoms with Crippen molar-refractivity contribution >= 4 is 15.7 Å². The summed E-state index contributed by atoms with van der Waals surface area (Å²) in [4.78, 5) is 16.6. The van der Waals surface area contributed by atoms with Gasteiger partial charge in [0.2, 0.25) is 5.91 Å². The molecular formula is C18H26N2O3S. The van der Waals surface area contributed by atoms with Gasteiger partial charge in [0.05, 0.1) is 11.5 Å². The summed E-state index contributed by atoms with van der Waals surface area (Å²) >= 11 is 0. The molecular weight excluding hydrogens is 324 g/mol. The van der Waals surface area contributed by atoms with Crippen molar-refractivity contribution in [2.45, 2.75) is 38.8 Å². The number of rotatable bonds is 5. The van der Waals surface area contributed by atoms with Crippen molar-refractivity contribution in [2.75, 3.05) is 31.1 Å². The number of benzene rings is 1. The van der Waals surface area contributed by atoms with Gasteiger partial charge in [-0.3, -0.25) is 9.69 Å². The van der Waals surface area contributed by atoms with Gasteiger partial charge in [0.25, 0.3) is 0 Å². The molecule has 5 nitrogen and oxygen atoms in total. The molecule has 0 spiro atoms. The van der Waals surface area contributed by atoms with Crippen LogP contribution >= 0.6 is 0 Å². The first-order valence-electron chi connectivity index (χ1n) is 8.77.